The zero-order valence-corrected chi connectivity index (χ0v) is 18.5. The van der Waals surface area contributed by atoms with E-state index >= 15 is 0 Å². The number of benzene rings is 4. The normalized spacial score (nSPS) is 11.1. The van der Waals surface area contributed by atoms with Gasteiger partial charge in [0.1, 0.15) is 11.5 Å². The first-order valence-electron chi connectivity index (χ1n) is 11.4. The molecule has 4 aromatic rings. The average Bonchev–Trinajstić information content (AvgIpc) is 2.83. The summed E-state index contributed by atoms with van der Waals surface area (Å²) < 4.78 is 0. The van der Waals surface area contributed by atoms with Gasteiger partial charge in [0.05, 0.1) is 0 Å². The summed E-state index contributed by atoms with van der Waals surface area (Å²) in [4.78, 5) is 0. The Hall–Kier alpha value is -3.52. The molecule has 0 aliphatic heterocycles. The van der Waals surface area contributed by atoms with Gasteiger partial charge in [-0.3, -0.25) is 0 Å². The fourth-order valence-corrected chi connectivity index (χ4v) is 4.61. The number of hydrogen-bond donors (Lipinski definition) is 2. The summed E-state index contributed by atoms with van der Waals surface area (Å²) in [6, 6.07) is 31.8. The lowest BCUT2D eigenvalue weighted by atomic mass is 9.79. The molecule has 4 rings (SSSR count). The predicted octanol–water partition coefficient (Wildman–Crippen LogP) is 8.14. The van der Waals surface area contributed by atoms with E-state index in [4.69, 9.17) is 0 Å². The maximum atomic E-state index is 10.9. The standard InChI is InChI=1S/C30H30O2/c1-2-3-6-17-24(25-18-11-20-27(31)29(25)22-13-7-4-8-14-22)26-19-12-21-28(32)30(26)23-15-9-5-10-16-23/h4-5,7-16,18-21,24,31-32H,2-3,6,17H2,1H3. The summed E-state index contributed by atoms with van der Waals surface area (Å²) in [5, 5.41) is 21.8. The van der Waals surface area contributed by atoms with Crippen LogP contribution in [0.5, 0.6) is 11.5 Å². The molecule has 2 heteroatoms. The van der Waals surface area contributed by atoms with E-state index in [2.05, 4.69) is 19.1 Å². The van der Waals surface area contributed by atoms with Gasteiger partial charge in [0, 0.05) is 17.0 Å². The highest BCUT2D eigenvalue weighted by atomic mass is 16.3. The fourth-order valence-electron chi connectivity index (χ4n) is 4.61. The molecule has 0 unspecified atom stereocenters. The van der Waals surface area contributed by atoms with E-state index in [-0.39, 0.29) is 17.4 Å². The van der Waals surface area contributed by atoms with Gasteiger partial charge in [0.2, 0.25) is 0 Å². The van der Waals surface area contributed by atoms with Gasteiger partial charge in [-0.25, -0.2) is 0 Å². The summed E-state index contributed by atoms with van der Waals surface area (Å²) in [5.41, 5.74) is 5.93. The largest absolute Gasteiger partial charge is 0.507 e. The van der Waals surface area contributed by atoms with Crippen LogP contribution < -0.4 is 0 Å². The Balaban J connectivity index is 1.93. The molecule has 0 amide bonds. The third kappa shape index (κ3) is 4.55. The molecule has 2 nitrogen and oxygen atoms in total. The molecule has 0 spiro atoms. The molecule has 32 heavy (non-hydrogen) atoms. The van der Waals surface area contributed by atoms with Gasteiger partial charge in [0.25, 0.3) is 0 Å². The predicted molar refractivity (Wildman–Crippen MR) is 133 cm³/mol. The summed E-state index contributed by atoms with van der Waals surface area (Å²) >= 11 is 0. The minimum atomic E-state index is 0.0474. The molecule has 0 aliphatic carbocycles. The zero-order valence-electron chi connectivity index (χ0n) is 18.5. The maximum absolute atomic E-state index is 10.9. The molecule has 0 heterocycles. The second-order valence-corrected chi connectivity index (χ2v) is 8.26. The van der Waals surface area contributed by atoms with Gasteiger partial charge in [0.15, 0.2) is 0 Å². The molecular formula is C30H30O2. The quantitative estimate of drug-likeness (QED) is 0.281. The van der Waals surface area contributed by atoms with Gasteiger partial charge < -0.3 is 10.2 Å². The van der Waals surface area contributed by atoms with Crippen molar-refractivity contribution in [3.05, 3.63) is 108 Å². The second-order valence-electron chi connectivity index (χ2n) is 8.26. The van der Waals surface area contributed by atoms with E-state index in [0.717, 1.165) is 59.1 Å². The van der Waals surface area contributed by atoms with Crippen LogP contribution in [-0.4, -0.2) is 10.2 Å². The minimum Gasteiger partial charge on any atom is -0.507 e. The Morgan fingerprint density at radius 1 is 0.562 bits per heavy atom. The van der Waals surface area contributed by atoms with Crippen LogP contribution in [0.25, 0.3) is 22.3 Å². The van der Waals surface area contributed by atoms with Crippen LogP contribution in [-0.2, 0) is 0 Å². The summed E-state index contributed by atoms with van der Waals surface area (Å²) in [7, 11) is 0. The molecule has 0 fully saturated rings. The average molecular weight is 423 g/mol. The topological polar surface area (TPSA) is 40.5 Å². The van der Waals surface area contributed by atoms with E-state index in [1.807, 2.05) is 72.8 Å². The van der Waals surface area contributed by atoms with Crippen LogP contribution in [0.15, 0.2) is 97.1 Å². The van der Waals surface area contributed by atoms with Crippen LogP contribution in [0.2, 0.25) is 0 Å². The van der Waals surface area contributed by atoms with E-state index in [9.17, 15) is 10.2 Å². The van der Waals surface area contributed by atoms with Crippen molar-refractivity contribution < 1.29 is 10.2 Å². The van der Waals surface area contributed by atoms with Crippen molar-refractivity contribution in [2.24, 2.45) is 0 Å². The van der Waals surface area contributed by atoms with E-state index in [1.54, 1.807) is 12.1 Å². The highest BCUT2D eigenvalue weighted by Crippen LogP contribution is 2.45. The molecular weight excluding hydrogens is 392 g/mol. The van der Waals surface area contributed by atoms with Crippen LogP contribution in [0.3, 0.4) is 0 Å². The Morgan fingerprint density at radius 2 is 1.03 bits per heavy atom. The van der Waals surface area contributed by atoms with E-state index in [0.29, 0.717) is 0 Å². The maximum Gasteiger partial charge on any atom is 0.123 e. The Kier molecular flexibility index (Phi) is 6.91. The molecule has 0 saturated heterocycles. The van der Waals surface area contributed by atoms with Gasteiger partial charge in [-0.15, -0.1) is 0 Å². The first kappa shape index (κ1) is 21.7. The first-order chi connectivity index (χ1) is 15.7. The van der Waals surface area contributed by atoms with Crippen LogP contribution in [0.4, 0.5) is 0 Å². The third-order valence-electron chi connectivity index (χ3n) is 6.12. The summed E-state index contributed by atoms with van der Waals surface area (Å²) in [6.07, 6.45) is 4.31. The Labute approximate surface area is 190 Å². The highest BCUT2D eigenvalue weighted by Gasteiger charge is 2.24. The molecule has 4 aromatic carbocycles. The number of phenolic OH excluding ortho intramolecular Hbond substituents is 2. The molecule has 0 aromatic heterocycles. The van der Waals surface area contributed by atoms with Crippen molar-refractivity contribution >= 4 is 0 Å². The smallest absolute Gasteiger partial charge is 0.123 e. The molecule has 0 radical (unpaired) electrons. The van der Waals surface area contributed by atoms with E-state index < -0.39 is 0 Å². The van der Waals surface area contributed by atoms with Crippen molar-refractivity contribution in [2.75, 3.05) is 0 Å². The fraction of sp³-hybridized carbons (Fsp3) is 0.200. The molecule has 0 bridgehead atoms. The minimum absolute atomic E-state index is 0.0474. The van der Waals surface area contributed by atoms with Gasteiger partial charge in [-0.1, -0.05) is 111 Å². The molecule has 162 valence electrons. The number of rotatable bonds is 8. The van der Waals surface area contributed by atoms with Crippen molar-refractivity contribution in [3.8, 4) is 33.8 Å². The van der Waals surface area contributed by atoms with Gasteiger partial charge in [-0.05, 0) is 40.8 Å². The van der Waals surface area contributed by atoms with Crippen molar-refractivity contribution in [1.29, 1.82) is 0 Å². The van der Waals surface area contributed by atoms with Crippen molar-refractivity contribution in [2.45, 2.75) is 38.5 Å². The van der Waals surface area contributed by atoms with Crippen LogP contribution >= 0.6 is 0 Å². The molecule has 0 atom stereocenters. The summed E-state index contributed by atoms with van der Waals surface area (Å²) in [6.45, 7) is 2.21. The van der Waals surface area contributed by atoms with E-state index in [1.165, 1.54) is 0 Å². The van der Waals surface area contributed by atoms with Gasteiger partial charge >= 0.3 is 0 Å². The molecule has 0 saturated carbocycles. The van der Waals surface area contributed by atoms with Crippen molar-refractivity contribution in [3.63, 3.8) is 0 Å². The number of aromatic hydroxyl groups is 2. The highest BCUT2D eigenvalue weighted by molar-refractivity contribution is 5.79. The van der Waals surface area contributed by atoms with Crippen LogP contribution in [0, 0.1) is 0 Å². The lowest BCUT2D eigenvalue weighted by Gasteiger charge is -2.25. The number of hydrogen-bond acceptors (Lipinski definition) is 2. The second kappa shape index (κ2) is 10.2. The van der Waals surface area contributed by atoms with Gasteiger partial charge in [-0.2, -0.15) is 0 Å². The van der Waals surface area contributed by atoms with Crippen molar-refractivity contribution in [1.82, 2.24) is 0 Å². The third-order valence-corrected chi connectivity index (χ3v) is 6.12. The SMILES string of the molecule is CCCCCC(c1cccc(O)c1-c1ccccc1)c1cccc(O)c1-c1ccccc1. The molecule has 2 N–H and O–H groups in total. The Bertz CT molecular complexity index is 1060. The monoisotopic (exact) mass is 422 g/mol. The summed E-state index contributed by atoms with van der Waals surface area (Å²) in [5.74, 6) is 0.623. The first-order valence-corrected chi connectivity index (χ1v) is 11.4. The lowest BCUT2D eigenvalue weighted by Crippen LogP contribution is -2.06. The van der Waals surface area contributed by atoms with Crippen LogP contribution in [0.1, 0.15) is 49.7 Å². The number of unbranched alkanes of at least 4 members (excludes halogenated alkanes) is 2. The number of phenols is 2. The Morgan fingerprint density at radius 3 is 1.47 bits per heavy atom. The lowest BCUT2D eigenvalue weighted by molar-refractivity contribution is 0.474. The zero-order chi connectivity index (χ0) is 22.3. The molecule has 0 aliphatic rings.